The number of fused-ring (bicyclic) bond motifs is 3. The number of rotatable bonds is 5. The largest absolute Gasteiger partial charge is 0.480 e. The summed E-state index contributed by atoms with van der Waals surface area (Å²) < 4.78 is 97.8. The summed E-state index contributed by atoms with van der Waals surface area (Å²) in [6, 6.07) is 3.07. The number of hydrogen-bond donors (Lipinski definition) is 0. The van der Waals surface area contributed by atoms with Gasteiger partial charge in [-0.15, -0.1) is 0 Å². The van der Waals surface area contributed by atoms with Gasteiger partial charge in [0.1, 0.15) is 5.69 Å². The van der Waals surface area contributed by atoms with Crippen molar-refractivity contribution in [3.63, 3.8) is 0 Å². The highest BCUT2D eigenvalue weighted by atomic mass is 19.4. The summed E-state index contributed by atoms with van der Waals surface area (Å²) in [6.07, 6.45) is -4.77. The molecule has 2 bridgehead atoms. The summed E-state index contributed by atoms with van der Waals surface area (Å²) in [5, 5.41) is 4.01. The molecule has 1 saturated carbocycles. The van der Waals surface area contributed by atoms with E-state index in [-0.39, 0.29) is 30.0 Å². The summed E-state index contributed by atoms with van der Waals surface area (Å²) >= 11 is 0. The zero-order valence-corrected chi connectivity index (χ0v) is 18.2. The lowest BCUT2D eigenvalue weighted by Gasteiger charge is -2.39. The summed E-state index contributed by atoms with van der Waals surface area (Å²) in [6.45, 7) is -0.517. The molecule has 0 radical (unpaired) electrons. The van der Waals surface area contributed by atoms with Crippen LogP contribution in [0, 0.1) is 23.6 Å². The topological polar surface area (TPSA) is 55.5 Å². The third-order valence-corrected chi connectivity index (χ3v) is 6.71. The van der Waals surface area contributed by atoms with E-state index >= 15 is 0 Å². The van der Waals surface area contributed by atoms with Crippen LogP contribution in [-0.2, 0) is 12.6 Å². The molecule has 188 valence electrons. The van der Waals surface area contributed by atoms with Gasteiger partial charge in [-0.1, -0.05) is 0 Å². The fourth-order valence-corrected chi connectivity index (χ4v) is 5.26. The smallest absolute Gasteiger partial charge is 0.433 e. The van der Waals surface area contributed by atoms with Crippen LogP contribution >= 0.6 is 0 Å². The van der Waals surface area contributed by atoms with E-state index in [1.54, 1.807) is 6.07 Å². The maximum absolute atomic E-state index is 14.2. The first-order chi connectivity index (χ1) is 16.5. The molecule has 1 unspecified atom stereocenters. The third-order valence-electron chi connectivity index (χ3n) is 6.71. The molecule has 35 heavy (non-hydrogen) atoms. The lowest BCUT2D eigenvalue weighted by molar-refractivity contribution is -0.153. The Morgan fingerprint density at radius 1 is 1.00 bits per heavy atom. The maximum atomic E-state index is 14.2. The van der Waals surface area contributed by atoms with Crippen LogP contribution in [0.15, 0.2) is 30.6 Å². The highest BCUT2D eigenvalue weighted by Crippen LogP contribution is 2.45. The second-order valence-corrected chi connectivity index (χ2v) is 8.95. The van der Waals surface area contributed by atoms with Crippen molar-refractivity contribution in [3.05, 3.63) is 47.9 Å². The standard InChI is InChI=1S/C22H20F7N5O/c23-15-8-30-6-5-16(15)33-9-12-1-2-13(10-33)14(12)7-19-31-20-17(35-11-21(24,25)26)3-4-18(22(27,28)29)34(20)32-19/h3-6,8,12-14H,1-2,7,9-11H2/t12-,13+,14?. The first kappa shape index (κ1) is 23.6. The van der Waals surface area contributed by atoms with E-state index in [0.717, 1.165) is 25.1 Å². The molecular weight excluding hydrogens is 483 g/mol. The van der Waals surface area contributed by atoms with Gasteiger partial charge in [0.25, 0.3) is 0 Å². The van der Waals surface area contributed by atoms with E-state index in [1.165, 1.54) is 6.20 Å². The van der Waals surface area contributed by atoms with Crippen LogP contribution in [0.25, 0.3) is 5.65 Å². The molecule has 13 heteroatoms. The Hall–Kier alpha value is -3.12. The fraction of sp³-hybridized carbons (Fsp3) is 0.500. The molecule has 3 aromatic heterocycles. The van der Waals surface area contributed by atoms with E-state index in [4.69, 9.17) is 4.74 Å². The van der Waals surface area contributed by atoms with Crippen molar-refractivity contribution in [1.82, 2.24) is 19.6 Å². The molecule has 3 aromatic rings. The zero-order chi connectivity index (χ0) is 25.0. The Bertz CT molecular complexity index is 1210. The van der Waals surface area contributed by atoms with Gasteiger partial charge in [-0.05, 0) is 48.8 Å². The van der Waals surface area contributed by atoms with Gasteiger partial charge in [-0.3, -0.25) is 4.98 Å². The minimum absolute atomic E-state index is 0.0578. The van der Waals surface area contributed by atoms with Crippen molar-refractivity contribution >= 4 is 11.3 Å². The van der Waals surface area contributed by atoms with Crippen LogP contribution in [0.1, 0.15) is 24.4 Å². The third kappa shape index (κ3) is 4.72. The van der Waals surface area contributed by atoms with E-state index in [2.05, 4.69) is 15.1 Å². The van der Waals surface area contributed by atoms with Gasteiger partial charge in [-0.25, -0.2) is 13.9 Å². The Morgan fingerprint density at radius 3 is 2.34 bits per heavy atom. The van der Waals surface area contributed by atoms with Crippen LogP contribution in [-0.4, -0.2) is 45.5 Å². The zero-order valence-electron chi connectivity index (χ0n) is 18.2. The molecule has 4 heterocycles. The van der Waals surface area contributed by atoms with Gasteiger partial charge in [0, 0.05) is 25.7 Å². The first-order valence-corrected chi connectivity index (χ1v) is 11.0. The van der Waals surface area contributed by atoms with Gasteiger partial charge in [-0.2, -0.15) is 31.4 Å². The van der Waals surface area contributed by atoms with Crippen molar-refractivity contribution in [2.24, 2.45) is 17.8 Å². The molecular formula is C22H20F7N5O. The Labute approximate surface area is 194 Å². The number of pyridine rings is 2. The number of anilines is 1. The molecule has 2 aliphatic rings. The summed E-state index contributed by atoms with van der Waals surface area (Å²) in [4.78, 5) is 9.87. The summed E-state index contributed by atoms with van der Waals surface area (Å²) in [5.41, 5.74) is -1.11. The van der Waals surface area contributed by atoms with E-state index in [9.17, 15) is 30.7 Å². The first-order valence-electron chi connectivity index (χ1n) is 11.0. The molecule has 3 atom stereocenters. The monoisotopic (exact) mass is 503 g/mol. The minimum atomic E-state index is -4.79. The van der Waals surface area contributed by atoms with Crippen LogP contribution in [0.2, 0.25) is 0 Å². The number of hydrogen-bond acceptors (Lipinski definition) is 5. The van der Waals surface area contributed by atoms with Crippen LogP contribution in [0.4, 0.5) is 36.4 Å². The fourth-order valence-electron chi connectivity index (χ4n) is 5.26. The van der Waals surface area contributed by atoms with Crippen molar-refractivity contribution in [3.8, 4) is 5.75 Å². The van der Waals surface area contributed by atoms with Crippen LogP contribution < -0.4 is 9.64 Å². The molecule has 5 rings (SSSR count). The van der Waals surface area contributed by atoms with Gasteiger partial charge >= 0.3 is 12.4 Å². The molecule has 1 aliphatic heterocycles. The van der Waals surface area contributed by atoms with Crippen molar-refractivity contribution in [1.29, 1.82) is 0 Å². The molecule has 0 aromatic carbocycles. The lowest BCUT2D eigenvalue weighted by atomic mass is 9.82. The lowest BCUT2D eigenvalue weighted by Crippen LogP contribution is -2.43. The second-order valence-electron chi connectivity index (χ2n) is 8.95. The van der Waals surface area contributed by atoms with Gasteiger partial charge in [0.15, 0.2) is 29.6 Å². The van der Waals surface area contributed by atoms with E-state index < -0.39 is 41.9 Å². The highest BCUT2D eigenvalue weighted by molar-refractivity contribution is 5.54. The summed E-state index contributed by atoms with van der Waals surface area (Å²) in [5.74, 6) is -0.392. The Kier molecular flexibility index (Phi) is 5.75. The number of piperidine rings is 1. The van der Waals surface area contributed by atoms with E-state index in [1.807, 2.05) is 4.90 Å². The van der Waals surface area contributed by atoms with Crippen LogP contribution in [0.3, 0.4) is 0 Å². The predicted octanol–water partition coefficient (Wildman–Crippen LogP) is 4.93. The number of aromatic nitrogens is 4. The molecule has 0 spiro atoms. The van der Waals surface area contributed by atoms with Crippen LogP contribution in [0.5, 0.6) is 5.75 Å². The number of nitrogens with zero attached hydrogens (tertiary/aromatic N) is 5. The highest BCUT2D eigenvalue weighted by Gasteiger charge is 2.43. The number of ether oxygens (including phenoxy) is 1. The normalized spacial score (nSPS) is 22.7. The SMILES string of the molecule is Fc1cnccc1N1C[C@H]2CC[C@@H](C1)C2Cc1nc2c(OCC(F)(F)F)ccc(C(F)(F)F)n2n1. The maximum Gasteiger partial charge on any atom is 0.433 e. The predicted molar refractivity (Wildman–Crippen MR) is 109 cm³/mol. The van der Waals surface area contributed by atoms with Gasteiger partial charge in [0.2, 0.25) is 0 Å². The van der Waals surface area contributed by atoms with Crippen molar-refractivity contribution in [2.45, 2.75) is 31.6 Å². The van der Waals surface area contributed by atoms with Crippen molar-refractivity contribution in [2.75, 3.05) is 24.6 Å². The van der Waals surface area contributed by atoms with Crippen molar-refractivity contribution < 1.29 is 35.5 Å². The summed E-state index contributed by atoms with van der Waals surface area (Å²) in [7, 11) is 0. The minimum Gasteiger partial charge on any atom is -0.480 e. The van der Waals surface area contributed by atoms with E-state index in [0.29, 0.717) is 29.4 Å². The average molecular weight is 503 g/mol. The molecule has 2 fully saturated rings. The van der Waals surface area contributed by atoms with Gasteiger partial charge < -0.3 is 9.64 Å². The number of alkyl halides is 6. The Balaban J connectivity index is 1.41. The molecule has 0 N–H and O–H groups in total. The Morgan fingerprint density at radius 2 is 1.71 bits per heavy atom. The average Bonchev–Trinajstić information content (AvgIpc) is 3.28. The molecule has 1 aliphatic carbocycles. The quantitative estimate of drug-likeness (QED) is 0.463. The second kappa shape index (κ2) is 8.52. The number of halogens is 7. The molecule has 1 saturated heterocycles. The van der Waals surface area contributed by atoms with Gasteiger partial charge in [0.05, 0.1) is 11.9 Å². The molecule has 6 nitrogen and oxygen atoms in total. The molecule has 0 amide bonds.